The summed E-state index contributed by atoms with van der Waals surface area (Å²) in [6, 6.07) is 9.52. The molecular formula is C16H13F2N3O3S. The molecule has 0 atom stereocenters. The fourth-order valence-corrected chi connectivity index (χ4v) is 3.15. The summed E-state index contributed by atoms with van der Waals surface area (Å²) in [6.45, 7) is -1.83. The Balaban J connectivity index is 1.76. The molecule has 1 N–H and O–H groups in total. The van der Waals surface area contributed by atoms with E-state index < -0.39 is 12.5 Å². The number of nitrogens with one attached hydrogen (secondary N) is 1. The van der Waals surface area contributed by atoms with Crippen LogP contribution in [0.1, 0.15) is 29.0 Å². The molecule has 0 bridgehead atoms. The highest BCUT2D eigenvalue weighted by molar-refractivity contribution is 7.18. The quantitative estimate of drug-likeness (QED) is 0.698. The van der Waals surface area contributed by atoms with Gasteiger partial charge in [0.05, 0.1) is 16.0 Å². The van der Waals surface area contributed by atoms with Crippen LogP contribution in [-0.4, -0.2) is 21.4 Å². The van der Waals surface area contributed by atoms with Crippen molar-refractivity contribution in [1.82, 2.24) is 9.55 Å². The number of anilines is 1. The molecule has 25 heavy (non-hydrogen) atoms. The SMILES string of the molecule is CC(=O)Nc1ccc(C(=O)OCc2nc3ccccc3n2C(F)F)s1. The summed E-state index contributed by atoms with van der Waals surface area (Å²) < 4.78 is 32.4. The average Bonchev–Trinajstić information content (AvgIpc) is 3.15. The molecular weight excluding hydrogens is 352 g/mol. The van der Waals surface area contributed by atoms with E-state index in [0.29, 0.717) is 10.5 Å². The largest absolute Gasteiger partial charge is 0.453 e. The topological polar surface area (TPSA) is 73.2 Å². The first-order chi connectivity index (χ1) is 12.0. The number of ether oxygens (including phenoxy) is 1. The Morgan fingerprint density at radius 1 is 1.28 bits per heavy atom. The summed E-state index contributed by atoms with van der Waals surface area (Å²) in [5.41, 5.74) is 0.672. The van der Waals surface area contributed by atoms with Crippen molar-refractivity contribution in [2.24, 2.45) is 0 Å². The maximum atomic E-state index is 13.3. The van der Waals surface area contributed by atoms with Gasteiger partial charge >= 0.3 is 12.5 Å². The summed E-state index contributed by atoms with van der Waals surface area (Å²) >= 11 is 1.04. The van der Waals surface area contributed by atoms with Crippen LogP contribution in [0.15, 0.2) is 36.4 Å². The summed E-state index contributed by atoms with van der Waals surface area (Å²) in [5.74, 6) is -0.968. The molecule has 3 rings (SSSR count). The van der Waals surface area contributed by atoms with Crippen molar-refractivity contribution < 1.29 is 23.1 Å². The minimum absolute atomic E-state index is 0.0387. The zero-order valence-electron chi connectivity index (χ0n) is 13.0. The van der Waals surface area contributed by atoms with Gasteiger partial charge in [-0.3, -0.25) is 9.36 Å². The summed E-state index contributed by atoms with van der Waals surface area (Å²) in [7, 11) is 0. The van der Waals surface area contributed by atoms with Gasteiger partial charge in [-0.1, -0.05) is 12.1 Å². The van der Waals surface area contributed by atoms with Gasteiger partial charge in [0.2, 0.25) is 5.91 Å². The Kier molecular flexibility index (Phi) is 4.75. The molecule has 9 heteroatoms. The lowest BCUT2D eigenvalue weighted by Crippen LogP contribution is -2.09. The van der Waals surface area contributed by atoms with Crippen LogP contribution in [0, 0.1) is 0 Å². The molecule has 0 unspecified atom stereocenters. The Morgan fingerprint density at radius 2 is 2.04 bits per heavy atom. The number of fused-ring (bicyclic) bond motifs is 1. The number of benzene rings is 1. The highest BCUT2D eigenvalue weighted by Crippen LogP contribution is 2.25. The zero-order chi connectivity index (χ0) is 18.0. The zero-order valence-corrected chi connectivity index (χ0v) is 13.8. The van der Waals surface area contributed by atoms with E-state index in [9.17, 15) is 18.4 Å². The van der Waals surface area contributed by atoms with Gasteiger partial charge in [-0.2, -0.15) is 8.78 Å². The van der Waals surface area contributed by atoms with E-state index in [1.807, 2.05) is 0 Å². The summed E-state index contributed by atoms with van der Waals surface area (Å²) in [5, 5.41) is 3.05. The van der Waals surface area contributed by atoms with Crippen LogP contribution in [0.5, 0.6) is 0 Å². The second-order valence-electron chi connectivity index (χ2n) is 5.09. The van der Waals surface area contributed by atoms with E-state index in [0.717, 1.165) is 15.9 Å². The van der Waals surface area contributed by atoms with E-state index in [1.165, 1.54) is 19.1 Å². The molecule has 2 heterocycles. The second-order valence-corrected chi connectivity index (χ2v) is 6.17. The number of hydrogen-bond acceptors (Lipinski definition) is 5. The standard InChI is InChI=1S/C16H13F2N3O3S/c1-9(22)19-14-7-6-12(25-14)15(23)24-8-13-20-10-4-2-3-5-11(10)21(13)16(17)18/h2-7,16H,8H2,1H3,(H,19,22). The number of imidazole rings is 1. The van der Waals surface area contributed by atoms with Crippen molar-refractivity contribution in [3.63, 3.8) is 0 Å². The Morgan fingerprint density at radius 3 is 2.76 bits per heavy atom. The number of para-hydroxylation sites is 2. The Hall–Kier alpha value is -2.81. The van der Waals surface area contributed by atoms with E-state index in [-0.39, 0.29) is 28.7 Å². The first-order valence-corrected chi connectivity index (χ1v) is 8.06. The van der Waals surface area contributed by atoms with Gasteiger partial charge in [-0.05, 0) is 24.3 Å². The molecule has 0 aliphatic heterocycles. The molecule has 0 radical (unpaired) electrons. The van der Waals surface area contributed by atoms with E-state index in [2.05, 4.69) is 10.3 Å². The maximum absolute atomic E-state index is 13.3. The first kappa shape index (κ1) is 17.0. The predicted molar refractivity (Wildman–Crippen MR) is 88.7 cm³/mol. The molecule has 0 spiro atoms. The van der Waals surface area contributed by atoms with Crippen molar-refractivity contribution in [3.8, 4) is 0 Å². The lowest BCUT2D eigenvalue weighted by molar-refractivity contribution is -0.114. The third-order valence-corrected chi connectivity index (χ3v) is 4.28. The number of esters is 1. The van der Waals surface area contributed by atoms with Crippen LogP contribution in [0.3, 0.4) is 0 Å². The van der Waals surface area contributed by atoms with Crippen LogP contribution in [0.4, 0.5) is 13.8 Å². The summed E-state index contributed by atoms with van der Waals surface area (Å²) in [4.78, 5) is 27.4. The molecule has 130 valence electrons. The maximum Gasteiger partial charge on any atom is 0.348 e. The molecule has 0 saturated carbocycles. The van der Waals surface area contributed by atoms with Gasteiger partial charge in [-0.15, -0.1) is 11.3 Å². The Labute approximate surface area is 145 Å². The molecule has 3 aromatic rings. The predicted octanol–water partition coefficient (Wildman–Crippen LogP) is 3.81. The fourth-order valence-electron chi connectivity index (χ4n) is 2.30. The number of rotatable bonds is 5. The van der Waals surface area contributed by atoms with E-state index >= 15 is 0 Å². The van der Waals surface area contributed by atoms with Crippen LogP contribution in [0.25, 0.3) is 11.0 Å². The molecule has 1 amide bonds. The number of hydrogen-bond donors (Lipinski definition) is 1. The monoisotopic (exact) mass is 365 g/mol. The first-order valence-electron chi connectivity index (χ1n) is 7.24. The van der Waals surface area contributed by atoms with Gasteiger partial charge in [0.1, 0.15) is 11.5 Å². The van der Waals surface area contributed by atoms with Crippen molar-refractivity contribution in [2.45, 2.75) is 20.1 Å². The number of alkyl halides is 2. The number of carbonyl (C=O) groups is 2. The molecule has 2 aromatic heterocycles. The van der Waals surface area contributed by atoms with E-state index in [1.54, 1.807) is 24.3 Å². The molecule has 0 aliphatic rings. The fraction of sp³-hybridized carbons (Fsp3) is 0.188. The lowest BCUT2D eigenvalue weighted by atomic mass is 10.3. The Bertz CT molecular complexity index is 936. The van der Waals surface area contributed by atoms with Crippen molar-refractivity contribution in [2.75, 3.05) is 5.32 Å². The van der Waals surface area contributed by atoms with Crippen LogP contribution < -0.4 is 5.32 Å². The average molecular weight is 365 g/mol. The third kappa shape index (κ3) is 3.66. The van der Waals surface area contributed by atoms with E-state index in [4.69, 9.17) is 4.74 Å². The molecule has 0 aliphatic carbocycles. The van der Waals surface area contributed by atoms with Gasteiger partial charge in [0.25, 0.3) is 0 Å². The number of nitrogens with zero attached hydrogens (tertiary/aromatic N) is 2. The van der Waals surface area contributed by atoms with Crippen molar-refractivity contribution in [3.05, 3.63) is 47.1 Å². The molecule has 0 fully saturated rings. The van der Waals surface area contributed by atoms with Crippen molar-refractivity contribution in [1.29, 1.82) is 0 Å². The van der Waals surface area contributed by atoms with Gasteiger partial charge in [-0.25, -0.2) is 9.78 Å². The van der Waals surface area contributed by atoms with Gasteiger partial charge in [0, 0.05) is 6.92 Å². The molecule has 6 nitrogen and oxygen atoms in total. The third-order valence-electron chi connectivity index (χ3n) is 3.30. The normalized spacial score (nSPS) is 11.0. The highest BCUT2D eigenvalue weighted by Gasteiger charge is 2.19. The van der Waals surface area contributed by atoms with Crippen LogP contribution >= 0.6 is 11.3 Å². The smallest absolute Gasteiger partial charge is 0.348 e. The minimum atomic E-state index is -2.80. The number of carbonyl (C=O) groups excluding carboxylic acids is 2. The number of aromatic nitrogens is 2. The highest BCUT2D eigenvalue weighted by atomic mass is 32.1. The molecule has 1 aromatic carbocycles. The lowest BCUT2D eigenvalue weighted by Gasteiger charge is -2.08. The van der Waals surface area contributed by atoms with Crippen molar-refractivity contribution >= 4 is 39.2 Å². The number of amides is 1. The van der Waals surface area contributed by atoms with Gasteiger partial charge in [0.15, 0.2) is 5.82 Å². The number of halogens is 2. The van der Waals surface area contributed by atoms with Gasteiger partial charge < -0.3 is 10.1 Å². The minimum Gasteiger partial charge on any atom is -0.453 e. The number of thiophene rings is 1. The molecule has 0 saturated heterocycles. The second kappa shape index (κ2) is 6.98. The summed E-state index contributed by atoms with van der Waals surface area (Å²) in [6.07, 6.45) is 0. The van der Waals surface area contributed by atoms with Crippen LogP contribution in [0.2, 0.25) is 0 Å². The van der Waals surface area contributed by atoms with Crippen LogP contribution in [-0.2, 0) is 16.1 Å².